The second kappa shape index (κ2) is 7.66. The second-order valence-electron chi connectivity index (χ2n) is 3.58. The van der Waals surface area contributed by atoms with Crippen LogP contribution in [-0.4, -0.2) is 39.1 Å². The van der Waals surface area contributed by atoms with Crippen LogP contribution in [0.1, 0.15) is 11.6 Å². The van der Waals surface area contributed by atoms with Crippen molar-refractivity contribution in [1.29, 1.82) is 0 Å². The van der Waals surface area contributed by atoms with Gasteiger partial charge in [-0.1, -0.05) is 6.07 Å². The molecule has 0 saturated carbocycles. The zero-order valence-corrected chi connectivity index (χ0v) is 11.7. The predicted molar refractivity (Wildman–Crippen MR) is 70.4 cm³/mol. The Hall–Kier alpha value is -0.620. The Balaban J connectivity index is 2.71. The summed E-state index contributed by atoms with van der Waals surface area (Å²) in [5, 5.41) is 12.6. The van der Waals surface area contributed by atoms with Crippen LogP contribution in [0.15, 0.2) is 22.7 Å². The van der Waals surface area contributed by atoms with Gasteiger partial charge in [0.25, 0.3) is 0 Å². The highest BCUT2D eigenvalue weighted by Gasteiger charge is 2.11. The van der Waals surface area contributed by atoms with Crippen molar-refractivity contribution in [3.05, 3.63) is 28.2 Å². The van der Waals surface area contributed by atoms with E-state index in [1.54, 1.807) is 14.2 Å². The van der Waals surface area contributed by atoms with Gasteiger partial charge in [0.05, 0.1) is 30.8 Å². The molecule has 0 aliphatic heterocycles. The SMILES string of the molecule is COCCNC(CO)c1ccc(OC)c(Br)c1. The smallest absolute Gasteiger partial charge is 0.133 e. The van der Waals surface area contributed by atoms with Crippen LogP contribution in [0.4, 0.5) is 0 Å². The Morgan fingerprint density at radius 2 is 2.18 bits per heavy atom. The number of hydrogen-bond acceptors (Lipinski definition) is 4. The molecule has 1 atom stereocenters. The van der Waals surface area contributed by atoms with Gasteiger partial charge in [0.1, 0.15) is 5.75 Å². The molecule has 17 heavy (non-hydrogen) atoms. The lowest BCUT2D eigenvalue weighted by Crippen LogP contribution is -2.27. The Morgan fingerprint density at radius 1 is 1.41 bits per heavy atom. The fourth-order valence-corrected chi connectivity index (χ4v) is 2.08. The third-order valence-electron chi connectivity index (χ3n) is 2.46. The van der Waals surface area contributed by atoms with E-state index in [-0.39, 0.29) is 12.6 Å². The number of nitrogens with one attached hydrogen (secondary N) is 1. The van der Waals surface area contributed by atoms with Crippen molar-refractivity contribution in [2.75, 3.05) is 34.0 Å². The van der Waals surface area contributed by atoms with Gasteiger partial charge in [-0.2, -0.15) is 0 Å². The molecule has 1 aromatic rings. The van der Waals surface area contributed by atoms with Gasteiger partial charge in [-0.15, -0.1) is 0 Å². The maximum Gasteiger partial charge on any atom is 0.133 e. The molecule has 1 rings (SSSR count). The molecule has 0 aromatic heterocycles. The van der Waals surface area contributed by atoms with Crippen molar-refractivity contribution in [2.24, 2.45) is 0 Å². The second-order valence-corrected chi connectivity index (χ2v) is 4.43. The van der Waals surface area contributed by atoms with E-state index in [9.17, 15) is 5.11 Å². The molecular formula is C12H18BrNO3. The molecule has 4 nitrogen and oxygen atoms in total. The number of ether oxygens (including phenoxy) is 2. The minimum Gasteiger partial charge on any atom is -0.496 e. The van der Waals surface area contributed by atoms with Gasteiger partial charge >= 0.3 is 0 Å². The average molecular weight is 304 g/mol. The summed E-state index contributed by atoms with van der Waals surface area (Å²) in [5.74, 6) is 0.780. The van der Waals surface area contributed by atoms with Gasteiger partial charge in [0.2, 0.25) is 0 Å². The fraction of sp³-hybridized carbons (Fsp3) is 0.500. The van der Waals surface area contributed by atoms with Crippen LogP contribution in [0.3, 0.4) is 0 Å². The Bertz CT molecular complexity index is 347. The summed E-state index contributed by atoms with van der Waals surface area (Å²) in [6.07, 6.45) is 0. The first-order chi connectivity index (χ1) is 8.22. The number of hydrogen-bond donors (Lipinski definition) is 2. The zero-order valence-electron chi connectivity index (χ0n) is 10.1. The lowest BCUT2D eigenvalue weighted by Gasteiger charge is -2.17. The molecule has 5 heteroatoms. The first-order valence-electron chi connectivity index (χ1n) is 5.39. The van der Waals surface area contributed by atoms with Gasteiger partial charge in [0, 0.05) is 13.7 Å². The van der Waals surface area contributed by atoms with E-state index in [4.69, 9.17) is 9.47 Å². The summed E-state index contributed by atoms with van der Waals surface area (Å²) < 4.78 is 11.0. The van der Waals surface area contributed by atoms with Crippen LogP contribution < -0.4 is 10.1 Å². The van der Waals surface area contributed by atoms with E-state index in [0.717, 1.165) is 15.8 Å². The minimum atomic E-state index is -0.0904. The van der Waals surface area contributed by atoms with Crippen LogP contribution >= 0.6 is 15.9 Å². The molecule has 0 fully saturated rings. The number of methoxy groups -OCH3 is 2. The molecule has 0 bridgehead atoms. The maximum absolute atomic E-state index is 9.35. The third-order valence-corrected chi connectivity index (χ3v) is 3.08. The van der Waals surface area contributed by atoms with Gasteiger partial charge < -0.3 is 19.9 Å². The van der Waals surface area contributed by atoms with Gasteiger partial charge in [-0.05, 0) is 33.6 Å². The number of halogens is 1. The highest BCUT2D eigenvalue weighted by Crippen LogP contribution is 2.27. The molecular weight excluding hydrogens is 286 g/mol. The molecule has 0 saturated heterocycles. The molecule has 0 heterocycles. The van der Waals surface area contributed by atoms with Crippen molar-refractivity contribution in [2.45, 2.75) is 6.04 Å². The first kappa shape index (κ1) is 14.4. The molecule has 0 aliphatic carbocycles. The molecule has 2 N–H and O–H groups in total. The molecule has 0 amide bonds. The van der Waals surface area contributed by atoms with Crippen LogP contribution in [-0.2, 0) is 4.74 Å². The van der Waals surface area contributed by atoms with Crippen molar-refractivity contribution < 1.29 is 14.6 Å². The average Bonchev–Trinajstić information content (AvgIpc) is 2.35. The van der Waals surface area contributed by atoms with Gasteiger partial charge in [-0.3, -0.25) is 0 Å². The summed E-state index contributed by atoms with van der Waals surface area (Å²) in [7, 11) is 3.28. The van der Waals surface area contributed by atoms with E-state index >= 15 is 0 Å². The molecule has 96 valence electrons. The van der Waals surface area contributed by atoms with Crippen molar-refractivity contribution in [3.8, 4) is 5.75 Å². The zero-order chi connectivity index (χ0) is 12.7. The highest BCUT2D eigenvalue weighted by molar-refractivity contribution is 9.10. The Morgan fingerprint density at radius 3 is 2.71 bits per heavy atom. The van der Waals surface area contributed by atoms with E-state index in [0.29, 0.717) is 13.2 Å². The minimum absolute atomic E-state index is 0.0441. The van der Waals surface area contributed by atoms with Crippen LogP contribution in [0, 0.1) is 0 Å². The van der Waals surface area contributed by atoms with Crippen molar-refractivity contribution in [3.63, 3.8) is 0 Å². The number of aliphatic hydroxyl groups is 1. The summed E-state index contributed by atoms with van der Waals surface area (Å²) in [6.45, 7) is 1.36. The van der Waals surface area contributed by atoms with E-state index in [1.807, 2.05) is 18.2 Å². The lowest BCUT2D eigenvalue weighted by atomic mass is 10.1. The fourth-order valence-electron chi connectivity index (χ4n) is 1.52. The molecule has 1 aromatic carbocycles. The lowest BCUT2D eigenvalue weighted by molar-refractivity contribution is 0.184. The molecule has 1 unspecified atom stereocenters. The summed E-state index contributed by atoms with van der Waals surface area (Å²) in [5.41, 5.74) is 1.01. The quantitative estimate of drug-likeness (QED) is 0.753. The van der Waals surface area contributed by atoms with Crippen molar-refractivity contribution in [1.82, 2.24) is 5.32 Å². The summed E-state index contributed by atoms with van der Waals surface area (Å²) in [4.78, 5) is 0. The summed E-state index contributed by atoms with van der Waals surface area (Å²) in [6, 6.07) is 5.66. The monoisotopic (exact) mass is 303 g/mol. The standard InChI is InChI=1S/C12H18BrNO3/c1-16-6-5-14-11(8-15)9-3-4-12(17-2)10(13)7-9/h3-4,7,11,14-15H,5-6,8H2,1-2H3. The van der Waals surface area contributed by atoms with Crippen molar-refractivity contribution >= 4 is 15.9 Å². The Kier molecular flexibility index (Phi) is 6.50. The molecule has 0 radical (unpaired) electrons. The van der Waals surface area contributed by atoms with E-state index in [2.05, 4.69) is 21.2 Å². The van der Waals surface area contributed by atoms with E-state index < -0.39 is 0 Å². The van der Waals surface area contributed by atoms with Crippen LogP contribution in [0.25, 0.3) is 0 Å². The Labute approximate surface area is 110 Å². The normalized spacial score (nSPS) is 12.5. The molecule has 0 aliphatic rings. The molecule has 0 spiro atoms. The number of benzene rings is 1. The van der Waals surface area contributed by atoms with Gasteiger partial charge in [-0.25, -0.2) is 0 Å². The third kappa shape index (κ3) is 4.27. The number of aliphatic hydroxyl groups excluding tert-OH is 1. The summed E-state index contributed by atoms with van der Waals surface area (Å²) >= 11 is 3.43. The van der Waals surface area contributed by atoms with Gasteiger partial charge in [0.15, 0.2) is 0 Å². The first-order valence-corrected chi connectivity index (χ1v) is 6.18. The predicted octanol–water partition coefficient (Wildman–Crippen LogP) is 1.73. The van der Waals surface area contributed by atoms with Crippen LogP contribution in [0.5, 0.6) is 5.75 Å². The topological polar surface area (TPSA) is 50.7 Å². The maximum atomic E-state index is 9.35. The largest absolute Gasteiger partial charge is 0.496 e. The van der Waals surface area contributed by atoms with E-state index in [1.165, 1.54) is 0 Å². The number of rotatable bonds is 7. The highest BCUT2D eigenvalue weighted by atomic mass is 79.9. The van der Waals surface area contributed by atoms with Crippen LogP contribution in [0.2, 0.25) is 0 Å².